The van der Waals surface area contributed by atoms with Crippen LogP contribution in [0, 0.1) is 0 Å². The molecule has 2 aliphatic heterocycles. The molecule has 2 aromatic rings. The van der Waals surface area contributed by atoms with Gasteiger partial charge in [-0.1, -0.05) is 11.3 Å². The number of anilines is 3. The van der Waals surface area contributed by atoms with E-state index in [0.717, 1.165) is 66.4 Å². The van der Waals surface area contributed by atoms with Crippen LogP contribution in [0.15, 0.2) is 6.07 Å². The molecule has 2 saturated heterocycles. The smallest absolute Gasteiger partial charge is 0.188 e. The van der Waals surface area contributed by atoms with Crippen molar-refractivity contribution in [1.82, 2.24) is 9.97 Å². The second-order valence-electron chi connectivity index (χ2n) is 5.16. The summed E-state index contributed by atoms with van der Waals surface area (Å²) in [4.78, 5) is 13.8. The molecule has 2 aliphatic rings. The molecular weight excluding hydrogens is 274 g/mol. The van der Waals surface area contributed by atoms with Gasteiger partial charge >= 0.3 is 0 Å². The van der Waals surface area contributed by atoms with Crippen molar-refractivity contribution in [3.8, 4) is 0 Å². The minimum atomic E-state index is 0.759. The van der Waals surface area contributed by atoms with Crippen molar-refractivity contribution in [3.63, 3.8) is 0 Å². The van der Waals surface area contributed by atoms with E-state index in [-0.39, 0.29) is 0 Å². The van der Waals surface area contributed by atoms with Crippen LogP contribution in [0.5, 0.6) is 0 Å². The zero-order valence-corrected chi connectivity index (χ0v) is 12.0. The number of thiazole rings is 1. The first-order valence-electron chi connectivity index (χ1n) is 6.96. The average Bonchev–Trinajstić information content (AvgIpc) is 2.81. The Hall–Kier alpha value is -1.60. The molecule has 2 aromatic heterocycles. The van der Waals surface area contributed by atoms with E-state index in [9.17, 15) is 0 Å². The van der Waals surface area contributed by atoms with Gasteiger partial charge in [-0.15, -0.1) is 0 Å². The number of nitrogens with zero attached hydrogens (tertiary/aromatic N) is 4. The molecule has 0 spiro atoms. The van der Waals surface area contributed by atoms with Gasteiger partial charge in [0.25, 0.3) is 0 Å². The Labute approximate surface area is 121 Å². The monoisotopic (exact) mass is 291 g/mol. The van der Waals surface area contributed by atoms with Gasteiger partial charge in [-0.25, -0.2) is 4.98 Å². The molecule has 0 aromatic carbocycles. The zero-order valence-electron chi connectivity index (χ0n) is 11.2. The van der Waals surface area contributed by atoms with E-state index >= 15 is 0 Å². The molecule has 4 rings (SSSR count). The number of nitrogen functional groups attached to an aromatic ring is 1. The number of hydrogen-bond donors (Lipinski definition) is 1. The zero-order chi connectivity index (χ0) is 13.5. The summed E-state index contributed by atoms with van der Waals surface area (Å²) in [6.45, 7) is 5.42. The van der Waals surface area contributed by atoms with Crippen LogP contribution < -0.4 is 15.5 Å². The van der Waals surface area contributed by atoms with Crippen LogP contribution in [0.4, 0.5) is 16.6 Å². The van der Waals surface area contributed by atoms with Crippen LogP contribution in [-0.4, -0.2) is 49.4 Å². The van der Waals surface area contributed by atoms with Crippen molar-refractivity contribution in [1.29, 1.82) is 0 Å². The van der Waals surface area contributed by atoms with Crippen molar-refractivity contribution < 1.29 is 4.74 Å². The molecule has 6 nitrogen and oxygen atoms in total. The first-order valence-corrected chi connectivity index (χ1v) is 7.77. The second-order valence-corrected chi connectivity index (χ2v) is 6.17. The molecular formula is C13H17N5OS. The van der Waals surface area contributed by atoms with E-state index in [4.69, 9.17) is 10.5 Å². The number of pyridine rings is 1. The Morgan fingerprint density at radius 1 is 1.10 bits per heavy atom. The summed E-state index contributed by atoms with van der Waals surface area (Å²) in [7, 11) is 0. The number of fused-ring (bicyclic) bond motifs is 1. The summed E-state index contributed by atoms with van der Waals surface area (Å²) >= 11 is 1.66. The lowest BCUT2D eigenvalue weighted by Gasteiger charge is -2.32. The summed E-state index contributed by atoms with van der Waals surface area (Å²) in [6, 6.07) is 2.01. The lowest BCUT2D eigenvalue weighted by molar-refractivity contribution is 0.122. The standard InChI is InChI=1S/C13H17N5OS/c14-9-8-10-11(15-12(9)17-2-1-3-17)16-13(20-10)18-4-6-19-7-5-18/h8H,1-7,14H2. The largest absolute Gasteiger partial charge is 0.396 e. The molecule has 0 saturated carbocycles. The first-order chi connectivity index (χ1) is 9.81. The van der Waals surface area contributed by atoms with Crippen molar-refractivity contribution in [2.24, 2.45) is 0 Å². The fourth-order valence-corrected chi connectivity index (χ4v) is 3.54. The van der Waals surface area contributed by atoms with E-state index in [2.05, 4.69) is 19.8 Å². The Kier molecular flexibility index (Phi) is 2.89. The first kappa shape index (κ1) is 12.2. The summed E-state index contributed by atoms with van der Waals surface area (Å²) in [5.74, 6) is 0.891. The van der Waals surface area contributed by atoms with E-state index in [1.54, 1.807) is 11.3 Å². The lowest BCUT2D eigenvalue weighted by atomic mass is 10.2. The highest BCUT2D eigenvalue weighted by molar-refractivity contribution is 7.22. The van der Waals surface area contributed by atoms with E-state index in [1.807, 2.05) is 6.07 Å². The Balaban J connectivity index is 1.71. The van der Waals surface area contributed by atoms with Gasteiger partial charge in [-0.3, -0.25) is 0 Å². The van der Waals surface area contributed by atoms with Crippen molar-refractivity contribution in [2.75, 3.05) is 54.9 Å². The second kappa shape index (κ2) is 4.75. The van der Waals surface area contributed by atoms with Gasteiger partial charge in [0.2, 0.25) is 0 Å². The SMILES string of the molecule is Nc1cc2sc(N3CCOCC3)nc2nc1N1CCC1. The van der Waals surface area contributed by atoms with Crippen LogP contribution in [0.1, 0.15) is 6.42 Å². The van der Waals surface area contributed by atoms with Crippen LogP contribution >= 0.6 is 11.3 Å². The Morgan fingerprint density at radius 3 is 2.60 bits per heavy atom. The number of ether oxygens (including phenoxy) is 1. The van der Waals surface area contributed by atoms with Gasteiger partial charge in [0.1, 0.15) is 0 Å². The lowest BCUT2D eigenvalue weighted by Crippen LogP contribution is -2.38. The molecule has 0 amide bonds. The predicted octanol–water partition coefficient (Wildman–Crippen LogP) is 1.32. The summed E-state index contributed by atoms with van der Waals surface area (Å²) in [5.41, 5.74) is 7.70. The minimum absolute atomic E-state index is 0.759. The van der Waals surface area contributed by atoms with E-state index in [1.165, 1.54) is 6.42 Å². The molecule has 0 radical (unpaired) electrons. The molecule has 0 bridgehead atoms. The normalized spacial score (nSPS) is 19.4. The van der Waals surface area contributed by atoms with Crippen molar-refractivity contribution in [3.05, 3.63) is 6.07 Å². The number of hydrogen-bond acceptors (Lipinski definition) is 7. The van der Waals surface area contributed by atoms with Crippen LogP contribution in [-0.2, 0) is 4.74 Å². The topological polar surface area (TPSA) is 67.5 Å². The van der Waals surface area contributed by atoms with E-state index < -0.39 is 0 Å². The summed E-state index contributed by atoms with van der Waals surface area (Å²) in [5, 5.41) is 1.02. The number of morpholine rings is 1. The van der Waals surface area contributed by atoms with E-state index in [0.29, 0.717) is 0 Å². The van der Waals surface area contributed by atoms with Crippen molar-refractivity contribution in [2.45, 2.75) is 6.42 Å². The van der Waals surface area contributed by atoms with Gasteiger partial charge < -0.3 is 20.3 Å². The molecule has 4 heterocycles. The molecule has 106 valence electrons. The van der Waals surface area contributed by atoms with Gasteiger partial charge in [0, 0.05) is 26.2 Å². The van der Waals surface area contributed by atoms with Crippen LogP contribution in [0.3, 0.4) is 0 Å². The average molecular weight is 291 g/mol. The quantitative estimate of drug-likeness (QED) is 0.900. The van der Waals surface area contributed by atoms with Gasteiger partial charge in [-0.2, -0.15) is 4.98 Å². The van der Waals surface area contributed by atoms with Crippen LogP contribution in [0.25, 0.3) is 10.3 Å². The molecule has 2 fully saturated rings. The fraction of sp³-hybridized carbons (Fsp3) is 0.538. The summed E-state index contributed by atoms with van der Waals surface area (Å²) in [6.07, 6.45) is 1.22. The number of rotatable bonds is 2. The molecule has 0 aliphatic carbocycles. The highest BCUT2D eigenvalue weighted by Gasteiger charge is 2.21. The van der Waals surface area contributed by atoms with Crippen LogP contribution in [0.2, 0.25) is 0 Å². The van der Waals surface area contributed by atoms with Gasteiger partial charge in [0.05, 0.1) is 23.6 Å². The third-order valence-electron chi connectivity index (χ3n) is 3.82. The Morgan fingerprint density at radius 2 is 1.90 bits per heavy atom. The minimum Gasteiger partial charge on any atom is -0.396 e. The predicted molar refractivity (Wildman–Crippen MR) is 81.7 cm³/mol. The molecule has 0 atom stereocenters. The molecule has 20 heavy (non-hydrogen) atoms. The number of aromatic nitrogens is 2. The maximum Gasteiger partial charge on any atom is 0.188 e. The van der Waals surface area contributed by atoms with Gasteiger partial charge in [-0.05, 0) is 12.5 Å². The maximum absolute atomic E-state index is 6.13. The number of nitrogens with two attached hydrogens (primary N) is 1. The van der Waals surface area contributed by atoms with Gasteiger partial charge in [0.15, 0.2) is 16.6 Å². The highest BCUT2D eigenvalue weighted by atomic mass is 32.1. The van der Waals surface area contributed by atoms with Crippen molar-refractivity contribution >= 4 is 38.3 Å². The molecule has 0 unspecified atom stereocenters. The fourth-order valence-electron chi connectivity index (χ4n) is 2.53. The third kappa shape index (κ3) is 1.97. The third-order valence-corrected chi connectivity index (χ3v) is 4.87. The molecule has 2 N–H and O–H groups in total. The highest BCUT2D eigenvalue weighted by Crippen LogP contribution is 2.34. The summed E-state index contributed by atoms with van der Waals surface area (Å²) < 4.78 is 6.44. The Bertz CT molecular complexity index is 633. The maximum atomic E-state index is 6.13. The molecule has 7 heteroatoms.